The van der Waals surface area contributed by atoms with Gasteiger partial charge in [-0.2, -0.15) is 0 Å². The Hall–Kier alpha value is -3.42. The summed E-state index contributed by atoms with van der Waals surface area (Å²) >= 11 is 0. The van der Waals surface area contributed by atoms with Crippen LogP contribution in [-0.4, -0.2) is 41.3 Å². The van der Waals surface area contributed by atoms with Gasteiger partial charge in [-0.05, 0) is 50.5 Å². The second-order valence-corrected chi connectivity index (χ2v) is 6.73. The molecule has 0 spiro atoms. The highest BCUT2D eigenvalue weighted by molar-refractivity contribution is 6.09. The third kappa shape index (κ3) is 4.71. The quantitative estimate of drug-likeness (QED) is 0.589. The summed E-state index contributed by atoms with van der Waals surface area (Å²) in [5, 5.41) is 14.0. The summed E-state index contributed by atoms with van der Waals surface area (Å²) in [4.78, 5) is 38.1. The topological polar surface area (TPSA) is 102 Å². The van der Waals surface area contributed by atoms with E-state index in [1.165, 1.54) is 18.2 Å². The first-order valence-electron chi connectivity index (χ1n) is 9.62. The molecule has 0 unspecified atom stereocenters. The molecule has 1 fully saturated rings. The van der Waals surface area contributed by atoms with Gasteiger partial charge in [0.2, 0.25) is 0 Å². The minimum absolute atomic E-state index is 0.106. The third-order valence-electron chi connectivity index (χ3n) is 4.77. The van der Waals surface area contributed by atoms with Crippen molar-refractivity contribution in [3.05, 3.63) is 63.7 Å². The van der Waals surface area contributed by atoms with E-state index in [0.29, 0.717) is 24.3 Å². The summed E-state index contributed by atoms with van der Waals surface area (Å²) in [6.45, 7) is 3.40. The molecule has 8 nitrogen and oxygen atoms in total. The lowest BCUT2D eigenvalue weighted by molar-refractivity contribution is -0.385. The van der Waals surface area contributed by atoms with E-state index >= 15 is 0 Å². The summed E-state index contributed by atoms with van der Waals surface area (Å²) in [5.74, 6) is -0.553. The second kappa shape index (κ2) is 9.18. The van der Waals surface area contributed by atoms with Crippen LogP contribution in [0.1, 0.15) is 46.9 Å². The van der Waals surface area contributed by atoms with Crippen molar-refractivity contribution >= 4 is 23.2 Å². The molecule has 8 heteroatoms. The van der Waals surface area contributed by atoms with Crippen LogP contribution in [0.2, 0.25) is 0 Å². The summed E-state index contributed by atoms with van der Waals surface area (Å²) < 4.78 is 5.25. The lowest BCUT2D eigenvalue weighted by atomic mass is 10.1. The van der Waals surface area contributed by atoms with Gasteiger partial charge in [0.15, 0.2) is 5.75 Å². The number of nitrogens with zero attached hydrogens (tertiary/aromatic N) is 2. The van der Waals surface area contributed by atoms with Gasteiger partial charge in [0.25, 0.3) is 11.8 Å². The molecule has 152 valence electrons. The number of hydrogen-bond acceptors (Lipinski definition) is 5. The number of carbonyl (C=O) groups excluding carboxylic acids is 2. The maximum absolute atomic E-state index is 12.9. The lowest BCUT2D eigenvalue weighted by Gasteiger charge is -2.27. The molecule has 29 heavy (non-hydrogen) atoms. The zero-order chi connectivity index (χ0) is 20.8. The molecule has 3 rings (SSSR count). The number of hydrogen-bond donors (Lipinski definition) is 1. The second-order valence-electron chi connectivity index (χ2n) is 6.73. The van der Waals surface area contributed by atoms with Gasteiger partial charge in [-0.25, -0.2) is 0 Å². The van der Waals surface area contributed by atoms with Gasteiger partial charge in [-0.15, -0.1) is 0 Å². The van der Waals surface area contributed by atoms with E-state index in [2.05, 4.69) is 5.32 Å². The van der Waals surface area contributed by atoms with Crippen molar-refractivity contribution in [1.82, 2.24) is 4.90 Å². The van der Waals surface area contributed by atoms with E-state index < -0.39 is 10.8 Å². The lowest BCUT2D eigenvalue weighted by Crippen LogP contribution is -2.36. The number of benzene rings is 2. The van der Waals surface area contributed by atoms with Crippen molar-refractivity contribution in [2.75, 3.05) is 25.0 Å². The van der Waals surface area contributed by atoms with Crippen LogP contribution in [-0.2, 0) is 0 Å². The first-order valence-corrected chi connectivity index (χ1v) is 9.62. The van der Waals surface area contributed by atoms with E-state index in [-0.39, 0.29) is 29.5 Å². The van der Waals surface area contributed by atoms with E-state index in [9.17, 15) is 19.7 Å². The Bertz CT molecular complexity index is 922. The predicted molar refractivity (Wildman–Crippen MR) is 108 cm³/mol. The van der Waals surface area contributed by atoms with Gasteiger partial charge < -0.3 is 15.0 Å². The van der Waals surface area contributed by atoms with Crippen LogP contribution in [0.15, 0.2) is 42.5 Å². The molecule has 2 aromatic carbocycles. The van der Waals surface area contributed by atoms with Gasteiger partial charge in [0.1, 0.15) is 0 Å². The first kappa shape index (κ1) is 20.3. The van der Waals surface area contributed by atoms with Crippen molar-refractivity contribution in [2.24, 2.45) is 0 Å². The Morgan fingerprint density at radius 1 is 1.14 bits per heavy atom. The molecule has 0 radical (unpaired) electrons. The molecule has 1 aliphatic heterocycles. The average Bonchev–Trinajstić information content (AvgIpc) is 2.74. The maximum Gasteiger partial charge on any atom is 0.311 e. The van der Waals surface area contributed by atoms with Crippen molar-refractivity contribution in [3.8, 4) is 5.75 Å². The molecule has 2 amide bonds. The standard InChI is InChI=1S/C21H23N3O5/c1-2-29-19-11-10-15(14-18(19)24(27)28)20(25)22-17-9-5-4-8-16(17)21(26)23-12-6-3-7-13-23/h4-5,8-11,14H,2-3,6-7,12-13H2,1H3,(H,22,25). The summed E-state index contributed by atoms with van der Waals surface area (Å²) in [7, 11) is 0. The fraction of sp³-hybridized carbons (Fsp3) is 0.333. The molecular formula is C21H23N3O5. The molecule has 0 aliphatic carbocycles. The van der Waals surface area contributed by atoms with Crippen LogP contribution in [0.3, 0.4) is 0 Å². The van der Waals surface area contributed by atoms with E-state index in [4.69, 9.17) is 4.74 Å². The molecule has 1 heterocycles. The number of carbonyl (C=O) groups is 2. The Kier molecular flexibility index (Phi) is 6.43. The summed E-state index contributed by atoms with van der Waals surface area (Å²) in [5.41, 5.74) is 0.616. The van der Waals surface area contributed by atoms with Crippen LogP contribution < -0.4 is 10.1 Å². The molecule has 1 N–H and O–H groups in total. The highest BCUT2D eigenvalue weighted by Crippen LogP contribution is 2.29. The van der Waals surface area contributed by atoms with Gasteiger partial charge in [0, 0.05) is 24.7 Å². The number of nitrogens with one attached hydrogen (secondary N) is 1. The minimum atomic E-state index is -0.588. The highest BCUT2D eigenvalue weighted by atomic mass is 16.6. The number of rotatable bonds is 6. The zero-order valence-electron chi connectivity index (χ0n) is 16.2. The van der Waals surface area contributed by atoms with Crippen molar-refractivity contribution in [1.29, 1.82) is 0 Å². The zero-order valence-corrected chi connectivity index (χ0v) is 16.2. The summed E-state index contributed by atoms with van der Waals surface area (Å²) in [6, 6.07) is 10.8. The average molecular weight is 397 g/mol. The minimum Gasteiger partial charge on any atom is -0.487 e. The monoisotopic (exact) mass is 397 g/mol. The smallest absolute Gasteiger partial charge is 0.311 e. The summed E-state index contributed by atoms with van der Waals surface area (Å²) in [6.07, 6.45) is 3.05. The Balaban J connectivity index is 1.83. The number of piperidine rings is 1. The molecule has 0 aromatic heterocycles. The SMILES string of the molecule is CCOc1ccc(C(=O)Nc2ccccc2C(=O)N2CCCCC2)cc1[N+](=O)[O-]. The normalized spacial score (nSPS) is 13.6. The van der Waals surface area contributed by atoms with E-state index in [1.807, 2.05) is 0 Å². The number of likely N-dealkylation sites (tertiary alicyclic amines) is 1. The highest BCUT2D eigenvalue weighted by Gasteiger charge is 2.23. The molecule has 1 saturated heterocycles. The Morgan fingerprint density at radius 2 is 1.86 bits per heavy atom. The van der Waals surface area contributed by atoms with Gasteiger partial charge >= 0.3 is 5.69 Å². The maximum atomic E-state index is 12.9. The van der Waals surface area contributed by atoms with Crippen LogP contribution in [0, 0.1) is 10.1 Å². The van der Waals surface area contributed by atoms with Gasteiger partial charge in [-0.1, -0.05) is 12.1 Å². The first-order chi connectivity index (χ1) is 14.0. The molecule has 0 atom stereocenters. The Morgan fingerprint density at radius 3 is 2.55 bits per heavy atom. The molecular weight excluding hydrogens is 374 g/mol. The van der Waals surface area contributed by atoms with E-state index in [0.717, 1.165) is 19.3 Å². The largest absolute Gasteiger partial charge is 0.487 e. The Labute approximate surface area is 168 Å². The van der Waals surface area contributed by atoms with Crippen LogP contribution in [0.5, 0.6) is 5.75 Å². The van der Waals surface area contributed by atoms with Crippen LogP contribution in [0.4, 0.5) is 11.4 Å². The van der Waals surface area contributed by atoms with Crippen molar-refractivity contribution < 1.29 is 19.2 Å². The van der Waals surface area contributed by atoms with Crippen LogP contribution >= 0.6 is 0 Å². The van der Waals surface area contributed by atoms with Crippen LogP contribution in [0.25, 0.3) is 0 Å². The molecule has 1 aliphatic rings. The number of ether oxygens (including phenoxy) is 1. The molecule has 2 aromatic rings. The number of para-hydroxylation sites is 1. The number of anilines is 1. The van der Waals surface area contributed by atoms with Gasteiger partial charge in [-0.3, -0.25) is 19.7 Å². The predicted octanol–water partition coefficient (Wildman–Crippen LogP) is 3.87. The number of amides is 2. The molecule has 0 saturated carbocycles. The number of nitro benzene ring substituents is 1. The van der Waals surface area contributed by atoms with Gasteiger partial charge in [0.05, 0.1) is 22.8 Å². The number of nitro groups is 1. The fourth-order valence-corrected chi connectivity index (χ4v) is 3.32. The van der Waals surface area contributed by atoms with E-state index in [1.54, 1.807) is 36.1 Å². The molecule has 0 bridgehead atoms. The fourth-order valence-electron chi connectivity index (χ4n) is 3.32. The van der Waals surface area contributed by atoms with Crippen molar-refractivity contribution in [2.45, 2.75) is 26.2 Å². The third-order valence-corrected chi connectivity index (χ3v) is 4.77. The van der Waals surface area contributed by atoms with Crippen molar-refractivity contribution in [3.63, 3.8) is 0 Å².